The summed E-state index contributed by atoms with van der Waals surface area (Å²) in [6, 6.07) is 12.0. The number of amides is 1. The topological polar surface area (TPSA) is 116 Å². The number of carboxylic acid groups (broad SMARTS) is 1. The van der Waals surface area contributed by atoms with Crippen LogP contribution in [0.1, 0.15) is 43.2 Å². The fourth-order valence-corrected chi connectivity index (χ4v) is 4.45. The first kappa shape index (κ1) is 26.4. The number of carbonyl (C=O) groups is 2. The zero-order chi connectivity index (χ0) is 26.4. The highest BCUT2D eigenvalue weighted by molar-refractivity contribution is 5.77. The van der Waals surface area contributed by atoms with Crippen molar-refractivity contribution in [2.75, 3.05) is 6.54 Å². The molecule has 1 fully saturated rings. The van der Waals surface area contributed by atoms with Crippen molar-refractivity contribution >= 4 is 11.9 Å². The highest BCUT2D eigenvalue weighted by atomic mass is 19.1. The second kappa shape index (κ2) is 11.6. The van der Waals surface area contributed by atoms with Gasteiger partial charge < -0.3 is 20.8 Å². The molecule has 0 bridgehead atoms. The molecule has 0 radical (unpaired) electrons. The summed E-state index contributed by atoms with van der Waals surface area (Å²) in [5, 5.41) is 30.3. The minimum atomic E-state index is -1.07. The summed E-state index contributed by atoms with van der Waals surface area (Å²) in [5.41, 5.74) is 1.93. The summed E-state index contributed by atoms with van der Waals surface area (Å²) in [5.74, 6) is -2.93. The maximum Gasteiger partial charge on any atom is 0.303 e. The van der Waals surface area contributed by atoms with Crippen LogP contribution in [0.3, 0.4) is 0 Å². The molecule has 4 rings (SSSR count). The van der Waals surface area contributed by atoms with E-state index in [0.717, 1.165) is 42.3 Å². The minimum Gasteiger partial charge on any atom is -0.481 e. The molecule has 1 aliphatic carbocycles. The number of aliphatic hydroxyl groups excluding tert-OH is 1. The largest absolute Gasteiger partial charge is 0.481 e. The van der Waals surface area contributed by atoms with Gasteiger partial charge in [0.15, 0.2) is 0 Å². The summed E-state index contributed by atoms with van der Waals surface area (Å²) in [6.07, 6.45) is 4.18. The average molecular weight is 513 g/mol. The molecular weight excluding hydrogens is 482 g/mol. The van der Waals surface area contributed by atoms with Crippen LogP contribution in [0.15, 0.2) is 60.9 Å². The molecule has 2 atom stereocenters. The molecule has 37 heavy (non-hydrogen) atoms. The zero-order valence-corrected chi connectivity index (χ0v) is 20.2. The van der Waals surface area contributed by atoms with Crippen molar-refractivity contribution in [3.63, 3.8) is 0 Å². The molecule has 1 heterocycles. The second-order valence-corrected chi connectivity index (χ2v) is 9.43. The average Bonchev–Trinajstić information content (AvgIpc) is 3.44. The van der Waals surface area contributed by atoms with Crippen molar-refractivity contribution in [3.8, 4) is 5.69 Å². The highest BCUT2D eigenvalue weighted by Gasteiger charge is 2.44. The van der Waals surface area contributed by atoms with Crippen molar-refractivity contribution in [1.29, 1.82) is 0 Å². The Morgan fingerprint density at radius 1 is 1.08 bits per heavy atom. The van der Waals surface area contributed by atoms with E-state index in [2.05, 4.69) is 15.7 Å². The van der Waals surface area contributed by atoms with E-state index in [4.69, 9.17) is 5.11 Å². The van der Waals surface area contributed by atoms with Crippen LogP contribution >= 0.6 is 0 Å². The first-order valence-corrected chi connectivity index (χ1v) is 12.2. The molecule has 1 aliphatic rings. The number of rotatable bonds is 13. The summed E-state index contributed by atoms with van der Waals surface area (Å²) in [4.78, 5) is 23.2. The number of aliphatic carboxylic acids is 1. The number of hydrogen-bond acceptors (Lipinski definition) is 5. The van der Waals surface area contributed by atoms with E-state index >= 15 is 0 Å². The Bertz CT molecular complexity index is 1210. The summed E-state index contributed by atoms with van der Waals surface area (Å²) < 4.78 is 29.3. The van der Waals surface area contributed by atoms with Crippen molar-refractivity contribution in [2.45, 2.75) is 56.2 Å². The number of halogens is 2. The van der Waals surface area contributed by atoms with Crippen LogP contribution in [-0.2, 0) is 21.5 Å². The van der Waals surface area contributed by atoms with Crippen LogP contribution in [0, 0.1) is 11.6 Å². The lowest BCUT2D eigenvalue weighted by atomic mass is 9.99. The third-order valence-corrected chi connectivity index (χ3v) is 6.55. The molecular formula is C27H30F2N4O4. The van der Waals surface area contributed by atoms with E-state index in [1.165, 1.54) is 0 Å². The zero-order valence-electron chi connectivity index (χ0n) is 20.2. The van der Waals surface area contributed by atoms with Gasteiger partial charge in [-0.15, -0.1) is 0 Å². The molecule has 2 aromatic carbocycles. The van der Waals surface area contributed by atoms with Crippen LogP contribution in [0.5, 0.6) is 0 Å². The lowest BCUT2D eigenvalue weighted by Crippen LogP contribution is -2.50. The fraction of sp³-hybridized carbons (Fsp3) is 0.370. The number of carboxylic acids is 1. The van der Waals surface area contributed by atoms with Gasteiger partial charge in [0.05, 0.1) is 17.8 Å². The number of nitrogens with one attached hydrogen (secondary N) is 2. The van der Waals surface area contributed by atoms with Gasteiger partial charge in [0.2, 0.25) is 5.91 Å². The van der Waals surface area contributed by atoms with Crippen molar-refractivity contribution in [3.05, 3.63) is 83.7 Å². The normalized spacial score (nSPS) is 15.6. The molecule has 10 heteroatoms. The van der Waals surface area contributed by atoms with Gasteiger partial charge in [-0.3, -0.25) is 9.59 Å². The van der Waals surface area contributed by atoms with E-state index in [1.54, 1.807) is 10.9 Å². The Morgan fingerprint density at radius 2 is 1.84 bits per heavy atom. The summed E-state index contributed by atoms with van der Waals surface area (Å²) >= 11 is 0. The van der Waals surface area contributed by atoms with Gasteiger partial charge in [0.25, 0.3) is 0 Å². The standard InChI is InChI=1S/C27H30F2N4O4/c28-20-12-18(13-21(29)16-20)14-23(32-25(35)6-2-7-26(36)37)24(34)17-30-27(8-9-27)19-4-1-5-22(15-19)33-11-3-10-31-33/h1,3-5,10-13,15-16,23-24,30,34H,2,6-9,14,17H2,(H,32,35)(H,36,37). The van der Waals surface area contributed by atoms with Crippen LogP contribution < -0.4 is 10.6 Å². The third-order valence-electron chi connectivity index (χ3n) is 6.55. The van der Waals surface area contributed by atoms with E-state index < -0.39 is 35.7 Å². The first-order valence-electron chi connectivity index (χ1n) is 12.2. The van der Waals surface area contributed by atoms with E-state index in [9.17, 15) is 23.5 Å². The fourth-order valence-electron chi connectivity index (χ4n) is 4.45. The summed E-state index contributed by atoms with van der Waals surface area (Å²) in [6.45, 7) is 0.129. The van der Waals surface area contributed by atoms with Crippen LogP contribution in [0.2, 0.25) is 0 Å². The maximum atomic E-state index is 13.8. The lowest BCUT2D eigenvalue weighted by molar-refractivity contribution is -0.137. The molecule has 8 nitrogen and oxygen atoms in total. The SMILES string of the molecule is O=C(O)CCCC(=O)NC(Cc1cc(F)cc(F)c1)C(O)CNC1(c2cccc(-n3cccn3)c2)CC1. The highest BCUT2D eigenvalue weighted by Crippen LogP contribution is 2.45. The van der Waals surface area contributed by atoms with E-state index in [1.807, 2.05) is 36.5 Å². The third kappa shape index (κ3) is 7.21. The van der Waals surface area contributed by atoms with Gasteiger partial charge in [-0.2, -0.15) is 5.10 Å². The number of benzene rings is 2. The Labute approximate surface area is 213 Å². The van der Waals surface area contributed by atoms with Gasteiger partial charge in [-0.25, -0.2) is 13.5 Å². The maximum absolute atomic E-state index is 13.8. The predicted molar refractivity (Wildman–Crippen MR) is 132 cm³/mol. The van der Waals surface area contributed by atoms with Crippen LogP contribution in [-0.4, -0.2) is 50.6 Å². The van der Waals surface area contributed by atoms with Gasteiger partial charge in [0, 0.05) is 43.4 Å². The summed E-state index contributed by atoms with van der Waals surface area (Å²) in [7, 11) is 0. The predicted octanol–water partition coefficient (Wildman–Crippen LogP) is 3.07. The van der Waals surface area contributed by atoms with Crippen molar-refractivity contribution < 1.29 is 28.6 Å². The Balaban J connectivity index is 1.44. The number of aliphatic hydroxyl groups is 1. The van der Waals surface area contributed by atoms with E-state index in [-0.39, 0.29) is 37.8 Å². The molecule has 2 unspecified atom stereocenters. The second-order valence-electron chi connectivity index (χ2n) is 9.43. The van der Waals surface area contributed by atoms with E-state index in [0.29, 0.717) is 5.56 Å². The van der Waals surface area contributed by atoms with Crippen molar-refractivity contribution in [2.24, 2.45) is 0 Å². The number of carbonyl (C=O) groups excluding carboxylic acids is 1. The quantitative estimate of drug-likeness (QED) is 0.280. The molecule has 1 saturated carbocycles. The Kier molecular flexibility index (Phi) is 8.30. The molecule has 1 aromatic heterocycles. The van der Waals surface area contributed by atoms with Crippen LogP contribution in [0.4, 0.5) is 8.78 Å². The van der Waals surface area contributed by atoms with Gasteiger partial charge in [0.1, 0.15) is 11.6 Å². The molecule has 3 aromatic rings. The Hall–Kier alpha value is -3.63. The van der Waals surface area contributed by atoms with Crippen molar-refractivity contribution in [1.82, 2.24) is 20.4 Å². The van der Waals surface area contributed by atoms with Gasteiger partial charge >= 0.3 is 5.97 Å². The number of nitrogens with zero attached hydrogens (tertiary/aromatic N) is 2. The smallest absolute Gasteiger partial charge is 0.303 e. The lowest BCUT2D eigenvalue weighted by Gasteiger charge is -2.27. The van der Waals surface area contributed by atoms with Crippen LogP contribution in [0.25, 0.3) is 5.69 Å². The molecule has 0 aliphatic heterocycles. The first-order chi connectivity index (χ1) is 17.7. The van der Waals surface area contributed by atoms with Gasteiger partial charge in [-0.1, -0.05) is 12.1 Å². The monoisotopic (exact) mass is 512 g/mol. The molecule has 4 N–H and O–H groups in total. The Morgan fingerprint density at radius 3 is 2.49 bits per heavy atom. The minimum absolute atomic E-state index is 0.00395. The van der Waals surface area contributed by atoms with Gasteiger partial charge in [-0.05, 0) is 67.1 Å². The molecule has 196 valence electrons. The molecule has 1 amide bonds. The molecule has 0 spiro atoms. The number of hydrogen-bond donors (Lipinski definition) is 4. The number of aromatic nitrogens is 2. The molecule has 0 saturated heterocycles.